The van der Waals surface area contributed by atoms with Crippen LogP contribution >= 0.6 is 0 Å². The first-order chi connectivity index (χ1) is 7.68. The Balaban J connectivity index is 2.27. The quantitative estimate of drug-likeness (QED) is 0.823. The highest BCUT2D eigenvalue weighted by molar-refractivity contribution is 5.53. The van der Waals surface area contributed by atoms with Gasteiger partial charge in [0.15, 0.2) is 5.82 Å². The third-order valence-corrected chi connectivity index (χ3v) is 2.75. The summed E-state index contributed by atoms with van der Waals surface area (Å²) in [5, 5.41) is 7.14. The molecule has 2 rings (SSSR count). The normalized spacial score (nSPS) is 14.7. The Morgan fingerprint density at radius 1 is 1.19 bits per heavy atom. The van der Waals surface area contributed by atoms with Gasteiger partial charge in [-0.3, -0.25) is 5.10 Å². The minimum absolute atomic E-state index is 0.0663. The molecule has 0 aliphatic carbocycles. The number of aromatic amines is 1. The summed E-state index contributed by atoms with van der Waals surface area (Å²) in [5.74, 6) is 1.75. The van der Waals surface area contributed by atoms with E-state index in [1.807, 2.05) is 44.2 Å². The van der Waals surface area contributed by atoms with Crippen LogP contribution in [-0.2, 0) is 0 Å². The first-order valence-electron chi connectivity index (χ1n) is 5.42. The second kappa shape index (κ2) is 4.45. The number of benzene rings is 1. The van der Waals surface area contributed by atoms with E-state index in [0.29, 0.717) is 0 Å². The number of aromatic nitrogens is 3. The molecule has 4 heteroatoms. The Hall–Kier alpha value is -1.68. The first-order valence-corrected chi connectivity index (χ1v) is 5.42. The van der Waals surface area contributed by atoms with E-state index in [2.05, 4.69) is 15.2 Å². The molecule has 0 bridgehead atoms. The van der Waals surface area contributed by atoms with E-state index in [0.717, 1.165) is 17.2 Å². The Bertz CT molecular complexity index is 447. The van der Waals surface area contributed by atoms with Crippen LogP contribution in [0, 0.1) is 0 Å². The molecule has 2 aromatic rings. The molecule has 0 radical (unpaired) electrons. The van der Waals surface area contributed by atoms with Gasteiger partial charge in [-0.25, -0.2) is 4.98 Å². The van der Waals surface area contributed by atoms with Gasteiger partial charge in [-0.2, -0.15) is 5.10 Å². The largest absolute Gasteiger partial charge is 0.327 e. The zero-order valence-electron chi connectivity index (χ0n) is 9.51. The van der Waals surface area contributed by atoms with E-state index in [4.69, 9.17) is 5.73 Å². The van der Waals surface area contributed by atoms with Crippen LogP contribution in [0.5, 0.6) is 0 Å². The van der Waals surface area contributed by atoms with Crippen molar-refractivity contribution in [2.45, 2.75) is 25.8 Å². The van der Waals surface area contributed by atoms with Crippen molar-refractivity contribution in [3.63, 3.8) is 0 Å². The summed E-state index contributed by atoms with van der Waals surface area (Å²) in [5.41, 5.74) is 6.84. The van der Waals surface area contributed by atoms with Gasteiger partial charge >= 0.3 is 0 Å². The third kappa shape index (κ3) is 2.12. The predicted molar refractivity (Wildman–Crippen MR) is 63.9 cm³/mol. The fraction of sp³-hybridized carbons (Fsp3) is 0.333. The summed E-state index contributed by atoms with van der Waals surface area (Å²) in [6, 6.07) is 9.96. The number of H-pyrrole nitrogens is 1. The highest BCUT2D eigenvalue weighted by Gasteiger charge is 2.15. The zero-order valence-corrected chi connectivity index (χ0v) is 9.51. The highest BCUT2D eigenvalue weighted by Crippen LogP contribution is 2.18. The van der Waals surface area contributed by atoms with Crippen molar-refractivity contribution in [1.82, 2.24) is 15.2 Å². The Kier molecular flexibility index (Phi) is 3.01. The number of hydrogen-bond acceptors (Lipinski definition) is 3. The second-order valence-electron chi connectivity index (χ2n) is 4.06. The third-order valence-electron chi connectivity index (χ3n) is 2.75. The number of nitrogens with one attached hydrogen (secondary N) is 1. The molecule has 0 spiro atoms. The Morgan fingerprint density at radius 2 is 1.88 bits per heavy atom. The Labute approximate surface area is 94.9 Å². The molecule has 3 N–H and O–H groups in total. The maximum absolute atomic E-state index is 5.83. The molecule has 0 saturated carbocycles. The summed E-state index contributed by atoms with van der Waals surface area (Å²) >= 11 is 0. The minimum atomic E-state index is 0.0663. The van der Waals surface area contributed by atoms with Crippen molar-refractivity contribution in [2.75, 3.05) is 0 Å². The lowest BCUT2D eigenvalue weighted by atomic mass is 10.0. The van der Waals surface area contributed by atoms with Crippen LogP contribution < -0.4 is 5.73 Å². The second-order valence-corrected chi connectivity index (χ2v) is 4.06. The van der Waals surface area contributed by atoms with Crippen LogP contribution in [-0.4, -0.2) is 21.2 Å². The van der Waals surface area contributed by atoms with E-state index in [1.54, 1.807) is 0 Å². The van der Waals surface area contributed by atoms with E-state index in [9.17, 15) is 0 Å². The van der Waals surface area contributed by atoms with Crippen LogP contribution in [0.1, 0.15) is 25.6 Å². The molecule has 1 heterocycles. The molecule has 84 valence electrons. The smallest absolute Gasteiger partial charge is 0.181 e. The zero-order chi connectivity index (χ0) is 11.5. The van der Waals surface area contributed by atoms with Crippen molar-refractivity contribution in [2.24, 2.45) is 5.73 Å². The predicted octanol–water partition coefficient (Wildman–Crippen LogP) is 1.92. The van der Waals surface area contributed by atoms with Crippen molar-refractivity contribution < 1.29 is 0 Å². The van der Waals surface area contributed by atoms with Crippen molar-refractivity contribution in [3.05, 3.63) is 36.2 Å². The van der Waals surface area contributed by atoms with Crippen LogP contribution in [0.25, 0.3) is 11.4 Å². The number of rotatable bonds is 3. The molecule has 2 atom stereocenters. The van der Waals surface area contributed by atoms with E-state index >= 15 is 0 Å². The van der Waals surface area contributed by atoms with Gasteiger partial charge in [0, 0.05) is 17.5 Å². The van der Waals surface area contributed by atoms with Crippen molar-refractivity contribution in [3.8, 4) is 11.4 Å². The maximum atomic E-state index is 5.83. The molecule has 0 aliphatic heterocycles. The van der Waals surface area contributed by atoms with Gasteiger partial charge in [0.25, 0.3) is 0 Å². The topological polar surface area (TPSA) is 67.6 Å². The standard InChI is InChI=1S/C12H16N4/c1-8(9(2)13)11-14-12(16-15-11)10-6-4-3-5-7-10/h3-9H,13H2,1-2H3,(H,14,15,16). The van der Waals surface area contributed by atoms with Gasteiger partial charge < -0.3 is 5.73 Å². The van der Waals surface area contributed by atoms with E-state index in [1.165, 1.54) is 0 Å². The summed E-state index contributed by atoms with van der Waals surface area (Å²) in [6.07, 6.45) is 0. The van der Waals surface area contributed by atoms with Gasteiger partial charge in [0.05, 0.1) is 0 Å². The lowest BCUT2D eigenvalue weighted by Crippen LogP contribution is -2.23. The van der Waals surface area contributed by atoms with Gasteiger partial charge in [0.2, 0.25) is 0 Å². The van der Waals surface area contributed by atoms with Crippen LogP contribution in [0.2, 0.25) is 0 Å². The SMILES string of the molecule is CC(N)C(C)c1nc(-c2ccccc2)n[nH]1. The van der Waals surface area contributed by atoms with Crippen LogP contribution in [0.15, 0.2) is 30.3 Å². The molecular weight excluding hydrogens is 200 g/mol. The number of nitrogens with zero attached hydrogens (tertiary/aromatic N) is 2. The monoisotopic (exact) mass is 216 g/mol. The molecule has 1 aromatic carbocycles. The van der Waals surface area contributed by atoms with Gasteiger partial charge in [-0.05, 0) is 6.92 Å². The lowest BCUT2D eigenvalue weighted by Gasteiger charge is -2.10. The summed E-state index contributed by atoms with van der Waals surface area (Å²) in [7, 11) is 0. The van der Waals surface area contributed by atoms with Gasteiger partial charge in [-0.1, -0.05) is 37.3 Å². The maximum Gasteiger partial charge on any atom is 0.181 e. The summed E-state index contributed by atoms with van der Waals surface area (Å²) in [6.45, 7) is 4.01. The average Bonchev–Trinajstić information content (AvgIpc) is 2.78. The van der Waals surface area contributed by atoms with E-state index < -0.39 is 0 Å². The fourth-order valence-corrected chi connectivity index (χ4v) is 1.44. The molecule has 0 fully saturated rings. The highest BCUT2D eigenvalue weighted by atomic mass is 15.2. The first kappa shape index (κ1) is 10.8. The number of hydrogen-bond donors (Lipinski definition) is 2. The minimum Gasteiger partial charge on any atom is -0.327 e. The Morgan fingerprint density at radius 3 is 2.50 bits per heavy atom. The molecule has 0 saturated heterocycles. The lowest BCUT2D eigenvalue weighted by molar-refractivity contribution is 0.583. The van der Waals surface area contributed by atoms with Crippen molar-refractivity contribution in [1.29, 1.82) is 0 Å². The average molecular weight is 216 g/mol. The molecule has 16 heavy (non-hydrogen) atoms. The van der Waals surface area contributed by atoms with E-state index in [-0.39, 0.29) is 12.0 Å². The van der Waals surface area contributed by atoms with Gasteiger partial charge in [0.1, 0.15) is 5.82 Å². The van der Waals surface area contributed by atoms with Gasteiger partial charge in [-0.15, -0.1) is 0 Å². The van der Waals surface area contributed by atoms with Crippen LogP contribution in [0.3, 0.4) is 0 Å². The molecule has 0 aliphatic rings. The molecular formula is C12H16N4. The van der Waals surface area contributed by atoms with Crippen LogP contribution in [0.4, 0.5) is 0 Å². The molecule has 0 amide bonds. The number of nitrogens with two attached hydrogens (primary N) is 1. The summed E-state index contributed by atoms with van der Waals surface area (Å²) in [4.78, 5) is 4.46. The summed E-state index contributed by atoms with van der Waals surface area (Å²) < 4.78 is 0. The fourth-order valence-electron chi connectivity index (χ4n) is 1.44. The van der Waals surface area contributed by atoms with Crippen molar-refractivity contribution >= 4 is 0 Å². The molecule has 1 aromatic heterocycles. The molecule has 4 nitrogen and oxygen atoms in total. The molecule has 2 unspecified atom stereocenters.